The van der Waals surface area contributed by atoms with Crippen molar-refractivity contribution in [3.8, 4) is 0 Å². The zero-order chi connectivity index (χ0) is 15.6. The molecule has 3 N–H and O–H groups in total. The molecule has 21 heavy (non-hydrogen) atoms. The molecule has 1 aromatic carbocycles. The Morgan fingerprint density at radius 2 is 2.14 bits per heavy atom. The lowest BCUT2D eigenvalue weighted by Gasteiger charge is -2.09. The quantitative estimate of drug-likeness (QED) is 0.772. The summed E-state index contributed by atoms with van der Waals surface area (Å²) in [5.41, 5.74) is 1.42. The van der Waals surface area contributed by atoms with Gasteiger partial charge in [-0.2, -0.15) is 5.10 Å². The van der Waals surface area contributed by atoms with Crippen molar-refractivity contribution < 1.29 is 17.9 Å². The van der Waals surface area contributed by atoms with Crippen molar-refractivity contribution in [1.82, 2.24) is 14.9 Å². The number of sulfonamides is 1. The van der Waals surface area contributed by atoms with Crippen LogP contribution in [0.1, 0.15) is 16.8 Å². The van der Waals surface area contributed by atoms with E-state index in [-0.39, 0.29) is 22.0 Å². The maximum atomic E-state index is 13.6. The maximum Gasteiger partial charge on any atom is 0.240 e. The van der Waals surface area contributed by atoms with Crippen molar-refractivity contribution in [2.24, 2.45) is 0 Å². The van der Waals surface area contributed by atoms with E-state index in [4.69, 9.17) is 16.7 Å². The summed E-state index contributed by atoms with van der Waals surface area (Å²) in [7, 11) is -3.93. The zero-order valence-electron chi connectivity index (χ0n) is 11.0. The molecule has 2 rings (SSSR count). The molecule has 0 unspecified atom stereocenters. The summed E-state index contributed by atoms with van der Waals surface area (Å²) in [6, 6.07) is 1.95. The molecular weight excluding hydrogens is 321 g/mol. The summed E-state index contributed by atoms with van der Waals surface area (Å²) in [6.07, 6.45) is 1.50. The average molecular weight is 334 g/mol. The Hall–Kier alpha value is -1.48. The maximum absolute atomic E-state index is 13.6. The highest BCUT2D eigenvalue weighted by molar-refractivity contribution is 7.89. The lowest BCUT2D eigenvalue weighted by Crippen LogP contribution is -2.23. The van der Waals surface area contributed by atoms with E-state index in [2.05, 4.69) is 14.9 Å². The van der Waals surface area contributed by atoms with Gasteiger partial charge in [-0.3, -0.25) is 5.10 Å². The van der Waals surface area contributed by atoms with E-state index in [1.807, 2.05) is 0 Å². The standard InChI is InChI=1S/C12H13ClFN3O3S/c1-7-9(4-15-17-7)5-16-21(19,20)10-2-8(6-18)12(13)11(14)3-10/h2-4,16,18H,5-6H2,1H3,(H,15,17). The highest BCUT2D eigenvalue weighted by Gasteiger charge is 2.19. The first-order valence-corrected chi connectivity index (χ1v) is 7.78. The molecule has 2 aromatic rings. The SMILES string of the molecule is Cc1[nH]ncc1CNS(=O)(=O)c1cc(F)c(Cl)c(CO)c1. The summed E-state index contributed by atoms with van der Waals surface area (Å²) >= 11 is 5.63. The number of rotatable bonds is 5. The molecule has 1 aromatic heterocycles. The van der Waals surface area contributed by atoms with E-state index in [9.17, 15) is 12.8 Å². The van der Waals surface area contributed by atoms with Crippen molar-refractivity contribution >= 4 is 21.6 Å². The minimum atomic E-state index is -3.93. The molecule has 1 heterocycles. The van der Waals surface area contributed by atoms with Gasteiger partial charge in [-0.25, -0.2) is 17.5 Å². The van der Waals surface area contributed by atoms with E-state index in [1.165, 1.54) is 6.20 Å². The minimum Gasteiger partial charge on any atom is -0.392 e. The summed E-state index contributed by atoms with van der Waals surface area (Å²) in [4.78, 5) is -0.297. The Morgan fingerprint density at radius 3 is 2.71 bits per heavy atom. The molecule has 0 fully saturated rings. The highest BCUT2D eigenvalue weighted by atomic mass is 35.5. The number of aliphatic hydroxyl groups excluding tert-OH is 1. The van der Waals surface area contributed by atoms with Crippen LogP contribution in [0.3, 0.4) is 0 Å². The minimum absolute atomic E-state index is 0.0107. The predicted octanol–water partition coefficient (Wildman–Crippen LogP) is 1.48. The second-order valence-corrected chi connectivity index (χ2v) is 6.53. The molecule has 0 amide bonds. The Labute approximate surface area is 126 Å². The van der Waals surface area contributed by atoms with Crippen LogP contribution < -0.4 is 4.72 Å². The van der Waals surface area contributed by atoms with Crippen molar-refractivity contribution in [2.75, 3.05) is 0 Å². The number of hydrogen-bond acceptors (Lipinski definition) is 4. The Balaban J connectivity index is 2.27. The van der Waals surface area contributed by atoms with Crippen LogP contribution in [0.4, 0.5) is 4.39 Å². The normalized spacial score (nSPS) is 11.8. The number of nitrogens with one attached hydrogen (secondary N) is 2. The third-order valence-electron chi connectivity index (χ3n) is 2.94. The van der Waals surface area contributed by atoms with Crippen LogP contribution in [0.5, 0.6) is 0 Å². The number of aliphatic hydroxyl groups is 1. The Bertz CT molecular complexity index is 761. The van der Waals surface area contributed by atoms with Gasteiger partial charge >= 0.3 is 0 Å². The fourth-order valence-corrected chi connectivity index (χ4v) is 2.94. The average Bonchev–Trinajstić information content (AvgIpc) is 2.85. The Morgan fingerprint density at radius 1 is 1.43 bits per heavy atom. The number of aromatic nitrogens is 2. The summed E-state index contributed by atoms with van der Waals surface area (Å²) in [5.74, 6) is -0.900. The number of aryl methyl sites for hydroxylation is 1. The lowest BCUT2D eigenvalue weighted by molar-refractivity contribution is 0.281. The van der Waals surface area contributed by atoms with E-state index in [0.717, 1.165) is 17.8 Å². The summed E-state index contributed by atoms with van der Waals surface area (Å²) in [6.45, 7) is 1.21. The first-order chi connectivity index (χ1) is 9.85. The van der Waals surface area contributed by atoms with Gasteiger partial charge in [-0.15, -0.1) is 0 Å². The zero-order valence-corrected chi connectivity index (χ0v) is 12.6. The van der Waals surface area contributed by atoms with Gasteiger partial charge in [0.1, 0.15) is 5.82 Å². The molecule has 0 spiro atoms. The van der Waals surface area contributed by atoms with Gasteiger partial charge in [-0.05, 0) is 19.1 Å². The van der Waals surface area contributed by atoms with Crippen molar-refractivity contribution in [1.29, 1.82) is 0 Å². The van der Waals surface area contributed by atoms with Crippen molar-refractivity contribution in [3.05, 3.63) is 46.0 Å². The number of hydrogen-bond donors (Lipinski definition) is 3. The molecule has 0 radical (unpaired) electrons. The number of aromatic amines is 1. The molecule has 0 bridgehead atoms. The highest BCUT2D eigenvalue weighted by Crippen LogP contribution is 2.24. The van der Waals surface area contributed by atoms with Gasteiger partial charge < -0.3 is 5.11 Å². The topological polar surface area (TPSA) is 95.1 Å². The molecular formula is C12H13ClFN3O3S. The van der Waals surface area contributed by atoms with Crippen LogP contribution in [0.2, 0.25) is 5.02 Å². The summed E-state index contributed by atoms with van der Waals surface area (Å²) in [5, 5.41) is 15.2. The first kappa shape index (κ1) is 15.9. The molecule has 0 saturated carbocycles. The van der Waals surface area contributed by atoms with Gasteiger partial charge in [0.25, 0.3) is 0 Å². The third-order valence-corrected chi connectivity index (χ3v) is 4.75. The van der Waals surface area contributed by atoms with Crippen LogP contribution in [0, 0.1) is 12.7 Å². The van der Waals surface area contributed by atoms with E-state index in [0.29, 0.717) is 5.56 Å². The van der Waals surface area contributed by atoms with Crippen molar-refractivity contribution in [3.63, 3.8) is 0 Å². The number of halogens is 2. The smallest absolute Gasteiger partial charge is 0.240 e. The van der Waals surface area contributed by atoms with Gasteiger partial charge in [0.05, 0.1) is 22.7 Å². The largest absolute Gasteiger partial charge is 0.392 e. The molecule has 0 aliphatic heterocycles. The summed E-state index contributed by atoms with van der Waals surface area (Å²) < 4.78 is 40.2. The van der Waals surface area contributed by atoms with Crippen LogP contribution in [0.25, 0.3) is 0 Å². The van der Waals surface area contributed by atoms with Gasteiger partial charge in [0, 0.05) is 23.4 Å². The molecule has 0 saturated heterocycles. The van der Waals surface area contributed by atoms with Gasteiger partial charge in [-0.1, -0.05) is 11.6 Å². The molecule has 6 nitrogen and oxygen atoms in total. The molecule has 0 atom stereocenters. The fourth-order valence-electron chi connectivity index (χ4n) is 1.70. The fraction of sp³-hybridized carbons (Fsp3) is 0.250. The van der Waals surface area contributed by atoms with Crippen LogP contribution in [-0.2, 0) is 23.2 Å². The molecule has 9 heteroatoms. The van der Waals surface area contributed by atoms with Gasteiger partial charge in [0.15, 0.2) is 0 Å². The molecule has 114 valence electrons. The van der Waals surface area contributed by atoms with E-state index < -0.39 is 22.4 Å². The third kappa shape index (κ3) is 3.41. The second-order valence-electron chi connectivity index (χ2n) is 4.38. The molecule has 0 aliphatic rings. The van der Waals surface area contributed by atoms with Crippen LogP contribution >= 0.6 is 11.6 Å². The number of nitrogens with zero attached hydrogens (tertiary/aromatic N) is 1. The number of H-pyrrole nitrogens is 1. The van der Waals surface area contributed by atoms with Crippen molar-refractivity contribution in [2.45, 2.75) is 25.0 Å². The number of benzene rings is 1. The van der Waals surface area contributed by atoms with Gasteiger partial charge in [0.2, 0.25) is 10.0 Å². The monoisotopic (exact) mass is 333 g/mol. The van der Waals surface area contributed by atoms with Crippen LogP contribution in [-0.4, -0.2) is 23.7 Å². The van der Waals surface area contributed by atoms with E-state index >= 15 is 0 Å². The van der Waals surface area contributed by atoms with E-state index in [1.54, 1.807) is 6.92 Å². The second kappa shape index (κ2) is 6.10. The predicted molar refractivity (Wildman–Crippen MR) is 74.7 cm³/mol. The first-order valence-electron chi connectivity index (χ1n) is 5.92. The lowest BCUT2D eigenvalue weighted by atomic mass is 10.2. The van der Waals surface area contributed by atoms with Crippen LogP contribution in [0.15, 0.2) is 23.2 Å². The Kier molecular flexibility index (Phi) is 4.62. The molecule has 0 aliphatic carbocycles.